The van der Waals surface area contributed by atoms with Crippen molar-refractivity contribution in [3.8, 4) is 39.8 Å². The normalized spacial score (nSPS) is 11.4. The molecule has 0 fully saturated rings. The number of nitrogens with zero attached hydrogens (tertiary/aromatic N) is 6. The number of pyridine rings is 2. The number of aromatic nitrogens is 6. The third-order valence-electron chi connectivity index (χ3n) is 11.9. The van der Waals surface area contributed by atoms with Crippen LogP contribution in [0.1, 0.15) is 0 Å². The molecule has 6 nitrogen and oxygen atoms in total. The van der Waals surface area contributed by atoms with E-state index in [1.807, 2.05) is 42.7 Å². The molecule has 0 radical (unpaired) electrons. The Bertz CT molecular complexity index is 3410. The van der Waals surface area contributed by atoms with E-state index in [-0.39, 0.29) is 21.1 Å². The van der Waals surface area contributed by atoms with Gasteiger partial charge in [-0.2, -0.15) is 52.4 Å². The Morgan fingerprint density at radius 2 is 0.873 bits per heavy atom. The summed E-state index contributed by atoms with van der Waals surface area (Å²) in [6.07, 6.45) is 3.70. The van der Waals surface area contributed by atoms with Gasteiger partial charge in [0, 0.05) is 29.0 Å². The molecular formula is C55H35BN6Pt. The topological polar surface area (TPSA) is 53.5 Å². The van der Waals surface area contributed by atoms with Crippen molar-refractivity contribution < 1.29 is 21.1 Å². The minimum Gasteiger partial charge on any atom is -0.319 e. The SMILES string of the molecule is [Pt+2].[c-]1c(B(c2[c-]c3c(cc2)c2ccccc2n3-c2ccccn2)c2c(-c3ccccc3)nn(-c3ccccc3)c2-c2ccccc2)ccc2c3ccccc3n(-c3ccccn3)c12. The Balaban J connectivity index is 0.00000444. The van der Waals surface area contributed by atoms with Gasteiger partial charge in [-0.05, 0) is 70.3 Å². The van der Waals surface area contributed by atoms with Crippen molar-refractivity contribution in [1.29, 1.82) is 0 Å². The van der Waals surface area contributed by atoms with Crippen LogP contribution in [0.2, 0.25) is 0 Å². The molecule has 0 saturated carbocycles. The van der Waals surface area contributed by atoms with E-state index in [9.17, 15) is 0 Å². The molecular weight excluding hydrogens is 951 g/mol. The maximum atomic E-state index is 5.58. The minimum absolute atomic E-state index is 0. The molecule has 7 aromatic carbocycles. The molecule has 0 saturated heterocycles. The van der Waals surface area contributed by atoms with E-state index < -0.39 is 6.71 Å². The molecule has 5 aromatic heterocycles. The third kappa shape index (κ3) is 6.43. The van der Waals surface area contributed by atoms with E-state index in [1.165, 1.54) is 0 Å². The van der Waals surface area contributed by atoms with Crippen LogP contribution in [-0.2, 0) is 21.1 Å². The van der Waals surface area contributed by atoms with Crippen LogP contribution in [0, 0.1) is 12.1 Å². The Hall–Kier alpha value is -7.60. The van der Waals surface area contributed by atoms with E-state index in [0.717, 1.165) is 99.8 Å². The van der Waals surface area contributed by atoms with Gasteiger partial charge in [0.2, 0.25) is 0 Å². The molecule has 0 amide bonds. The first-order valence-electron chi connectivity index (χ1n) is 20.8. The Kier molecular flexibility index (Phi) is 9.75. The summed E-state index contributed by atoms with van der Waals surface area (Å²) >= 11 is 0. The van der Waals surface area contributed by atoms with E-state index in [0.29, 0.717) is 0 Å². The maximum Gasteiger partial charge on any atom is 2.00 e. The van der Waals surface area contributed by atoms with Crippen molar-refractivity contribution in [3.63, 3.8) is 0 Å². The molecule has 0 aliphatic heterocycles. The molecule has 0 unspecified atom stereocenters. The number of para-hydroxylation sites is 3. The van der Waals surface area contributed by atoms with Crippen LogP contribution in [0.3, 0.4) is 0 Å². The first kappa shape index (κ1) is 38.3. The molecule has 0 atom stereocenters. The van der Waals surface area contributed by atoms with Crippen molar-refractivity contribution in [1.82, 2.24) is 28.9 Å². The molecule has 0 spiro atoms. The van der Waals surface area contributed by atoms with Crippen LogP contribution in [-0.4, -0.2) is 35.6 Å². The number of benzene rings is 7. The molecule has 0 N–H and O–H groups in total. The number of hydrogen-bond acceptors (Lipinski definition) is 3. The summed E-state index contributed by atoms with van der Waals surface area (Å²) in [7, 11) is 0. The molecule has 0 aliphatic carbocycles. The summed E-state index contributed by atoms with van der Waals surface area (Å²) in [5, 5.41) is 10.1. The summed E-state index contributed by atoms with van der Waals surface area (Å²) in [4.78, 5) is 9.73. The second-order valence-corrected chi connectivity index (χ2v) is 15.5. The number of rotatable bonds is 8. The van der Waals surface area contributed by atoms with Gasteiger partial charge in [0.25, 0.3) is 0 Å². The van der Waals surface area contributed by atoms with Gasteiger partial charge >= 0.3 is 21.1 Å². The molecule has 0 aliphatic rings. The Morgan fingerprint density at radius 1 is 0.413 bits per heavy atom. The van der Waals surface area contributed by atoms with E-state index >= 15 is 0 Å². The molecule has 5 heterocycles. The standard InChI is InChI=1S/C55H35BN6.Pt/c1-4-18-38(19-5-1)54-53(55(39-20-6-2-7-21-39)62(59-54)42-22-8-3-9-23-42)56(40-30-32-45-43-24-10-12-26-47(43)60(49(45)36-40)51-28-14-16-34-57-51)41-31-33-46-44-25-11-13-27-48(44)61(50(46)37-41)52-29-15-17-35-58-52;/h1-35H;/q-2;+2. The molecule has 8 heteroatoms. The van der Waals surface area contributed by atoms with Crippen LogP contribution in [0.4, 0.5) is 0 Å². The Morgan fingerprint density at radius 3 is 1.38 bits per heavy atom. The first-order valence-corrected chi connectivity index (χ1v) is 20.8. The van der Waals surface area contributed by atoms with Crippen molar-refractivity contribution in [2.24, 2.45) is 0 Å². The summed E-state index contributed by atoms with van der Waals surface area (Å²) < 4.78 is 6.59. The van der Waals surface area contributed by atoms with E-state index in [2.05, 4.69) is 196 Å². The van der Waals surface area contributed by atoms with Crippen molar-refractivity contribution >= 4 is 66.7 Å². The van der Waals surface area contributed by atoms with Gasteiger partial charge in [0.1, 0.15) is 11.6 Å². The maximum absolute atomic E-state index is 5.58. The van der Waals surface area contributed by atoms with Gasteiger partial charge in [-0.25, -0.2) is 14.6 Å². The second kappa shape index (κ2) is 16.0. The van der Waals surface area contributed by atoms with Crippen molar-refractivity contribution in [3.05, 3.63) is 225 Å². The van der Waals surface area contributed by atoms with Gasteiger partial charge in [-0.15, -0.1) is 10.8 Å². The molecule has 12 aromatic rings. The zero-order valence-corrected chi connectivity index (χ0v) is 36.1. The number of hydrogen-bond donors (Lipinski definition) is 0. The average molecular weight is 986 g/mol. The van der Waals surface area contributed by atoms with E-state index in [4.69, 9.17) is 15.1 Å². The number of fused-ring (bicyclic) bond motifs is 6. The second-order valence-electron chi connectivity index (χ2n) is 15.5. The zero-order valence-electron chi connectivity index (χ0n) is 33.8. The summed E-state index contributed by atoms with van der Waals surface area (Å²) in [6, 6.07) is 77.9. The average Bonchev–Trinajstić information content (AvgIpc) is 4.01. The predicted octanol–water partition coefficient (Wildman–Crippen LogP) is 10.3. The molecule has 12 rings (SSSR count). The van der Waals surface area contributed by atoms with E-state index in [1.54, 1.807) is 0 Å². The van der Waals surface area contributed by atoms with Crippen LogP contribution in [0.25, 0.3) is 83.4 Å². The summed E-state index contributed by atoms with van der Waals surface area (Å²) in [6.45, 7) is -0.392. The first-order chi connectivity index (χ1) is 30.8. The van der Waals surface area contributed by atoms with Gasteiger partial charge in [-0.1, -0.05) is 138 Å². The van der Waals surface area contributed by atoms with Gasteiger partial charge < -0.3 is 9.13 Å². The van der Waals surface area contributed by atoms with Crippen molar-refractivity contribution in [2.45, 2.75) is 0 Å². The zero-order chi connectivity index (χ0) is 41.0. The van der Waals surface area contributed by atoms with Gasteiger partial charge in [-0.3, -0.25) is 0 Å². The predicted molar refractivity (Wildman–Crippen MR) is 254 cm³/mol. The molecule has 0 bridgehead atoms. The fourth-order valence-electron chi connectivity index (χ4n) is 9.22. The molecule has 298 valence electrons. The largest absolute Gasteiger partial charge is 2.00 e. The summed E-state index contributed by atoms with van der Waals surface area (Å²) in [5.41, 5.74) is 12.0. The van der Waals surface area contributed by atoms with Crippen LogP contribution >= 0.6 is 0 Å². The summed E-state index contributed by atoms with van der Waals surface area (Å²) in [5.74, 6) is 1.67. The monoisotopic (exact) mass is 985 g/mol. The fraction of sp³-hybridized carbons (Fsp3) is 0. The third-order valence-corrected chi connectivity index (χ3v) is 11.9. The molecule has 63 heavy (non-hydrogen) atoms. The van der Waals surface area contributed by atoms with Crippen molar-refractivity contribution in [2.75, 3.05) is 0 Å². The minimum atomic E-state index is -0.392. The van der Waals surface area contributed by atoms with Gasteiger partial charge in [0.15, 0.2) is 6.71 Å². The van der Waals surface area contributed by atoms with Crippen LogP contribution < -0.4 is 16.4 Å². The Labute approximate surface area is 379 Å². The fourth-order valence-corrected chi connectivity index (χ4v) is 9.22. The van der Waals surface area contributed by atoms with Gasteiger partial charge in [0.05, 0.1) is 17.1 Å². The van der Waals surface area contributed by atoms with Crippen LogP contribution in [0.5, 0.6) is 0 Å². The quantitative estimate of drug-likeness (QED) is 0.113. The van der Waals surface area contributed by atoms with Crippen LogP contribution in [0.15, 0.2) is 213 Å². The smallest absolute Gasteiger partial charge is 0.319 e.